The lowest BCUT2D eigenvalue weighted by atomic mass is 9.93. The summed E-state index contributed by atoms with van der Waals surface area (Å²) in [6.45, 7) is 5.58. The van der Waals surface area contributed by atoms with E-state index in [1.54, 1.807) is 13.8 Å². The molecule has 0 aliphatic heterocycles. The first-order valence-corrected chi connectivity index (χ1v) is 5.40. The first kappa shape index (κ1) is 14.9. The van der Waals surface area contributed by atoms with E-state index in [-0.39, 0.29) is 24.5 Å². The molecule has 1 unspecified atom stereocenters. The normalized spacial score (nSPS) is 13.1. The number of hydrogen-bond donors (Lipinski definition) is 2. The summed E-state index contributed by atoms with van der Waals surface area (Å²) >= 11 is 0. The summed E-state index contributed by atoms with van der Waals surface area (Å²) in [6, 6.07) is 0.0133. The quantitative estimate of drug-likeness (QED) is 0.648. The molecule has 5 heteroatoms. The highest BCUT2D eigenvalue weighted by Crippen LogP contribution is 2.15. The van der Waals surface area contributed by atoms with Crippen molar-refractivity contribution in [2.45, 2.75) is 39.7 Å². The Hall–Kier alpha value is -1.10. The Kier molecular flexibility index (Phi) is 6.03. The van der Waals surface area contributed by atoms with Crippen LogP contribution in [0.25, 0.3) is 0 Å². The molecule has 0 aliphatic carbocycles. The highest BCUT2D eigenvalue weighted by Gasteiger charge is 2.28. The highest BCUT2D eigenvalue weighted by molar-refractivity contribution is 5.79. The average molecular weight is 230 g/mol. The average Bonchev–Trinajstić information content (AvgIpc) is 2.22. The fourth-order valence-electron chi connectivity index (χ4n) is 1.12. The van der Waals surface area contributed by atoms with Crippen LogP contribution in [0.3, 0.4) is 0 Å². The Labute approximate surface area is 96.7 Å². The molecular formula is C11H22N2O3. The minimum atomic E-state index is -0.696. The predicted octanol–water partition coefficient (Wildman–Crippen LogP) is 0.429. The van der Waals surface area contributed by atoms with Crippen LogP contribution in [0, 0.1) is 5.41 Å². The van der Waals surface area contributed by atoms with Crippen molar-refractivity contribution in [1.82, 2.24) is 5.32 Å². The molecule has 0 bridgehead atoms. The Balaban J connectivity index is 3.95. The largest absolute Gasteiger partial charge is 0.469 e. The van der Waals surface area contributed by atoms with Crippen molar-refractivity contribution in [1.29, 1.82) is 0 Å². The topological polar surface area (TPSA) is 81.4 Å². The number of nitrogens with one attached hydrogen (secondary N) is 1. The summed E-state index contributed by atoms with van der Waals surface area (Å²) < 4.78 is 4.64. The van der Waals surface area contributed by atoms with Gasteiger partial charge in [0.15, 0.2) is 0 Å². The van der Waals surface area contributed by atoms with Gasteiger partial charge in [0.1, 0.15) is 0 Å². The van der Waals surface area contributed by atoms with Crippen LogP contribution in [0.5, 0.6) is 0 Å². The van der Waals surface area contributed by atoms with Gasteiger partial charge in [-0.3, -0.25) is 9.59 Å². The summed E-state index contributed by atoms with van der Waals surface area (Å²) in [5, 5.41) is 2.70. The van der Waals surface area contributed by atoms with Gasteiger partial charge in [-0.2, -0.15) is 0 Å². The van der Waals surface area contributed by atoms with Crippen LogP contribution in [0.15, 0.2) is 0 Å². The van der Waals surface area contributed by atoms with Gasteiger partial charge in [-0.05, 0) is 27.2 Å². The maximum absolute atomic E-state index is 11.4. The highest BCUT2D eigenvalue weighted by atomic mass is 16.5. The molecule has 3 N–H and O–H groups in total. The van der Waals surface area contributed by atoms with E-state index in [1.807, 2.05) is 6.92 Å². The number of methoxy groups -OCH3 is 1. The number of nitrogens with two attached hydrogens (primary N) is 1. The molecule has 0 fully saturated rings. The summed E-state index contributed by atoms with van der Waals surface area (Å²) in [7, 11) is 1.34. The van der Waals surface area contributed by atoms with E-state index >= 15 is 0 Å². The molecule has 1 amide bonds. The molecule has 0 saturated carbocycles. The number of amides is 1. The fourth-order valence-corrected chi connectivity index (χ4v) is 1.12. The third-order valence-electron chi connectivity index (χ3n) is 2.29. The molecule has 94 valence electrons. The fraction of sp³-hybridized carbons (Fsp3) is 0.818. The lowest BCUT2D eigenvalue weighted by Gasteiger charge is -2.21. The number of carbonyl (C=O) groups is 2. The molecule has 0 aromatic carbocycles. The van der Waals surface area contributed by atoms with Crippen LogP contribution in [0.2, 0.25) is 0 Å². The zero-order valence-corrected chi connectivity index (χ0v) is 10.5. The van der Waals surface area contributed by atoms with Gasteiger partial charge in [0.2, 0.25) is 5.91 Å². The van der Waals surface area contributed by atoms with E-state index in [0.29, 0.717) is 12.8 Å². The molecule has 0 radical (unpaired) electrons. The Morgan fingerprint density at radius 2 is 2.00 bits per heavy atom. The van der Waals surface area contributed by atoms with Gasteiger partial charge in [0.25, 0.3) is 0 Å². The zero-order valence-electron chi connectivity index (χ0n) is 10.5. The van der Waals surface area contributed by atoms with E-state index in [9.17, 15) is 9.59 Å². The Bertz CT molecular complexity index is 250. The van der Waals surface area contributed by atoms with Gasteiger partial charge in [-0.1, -0.05) is 0 Å². The van der Waals surface area contributed by atoms with Crippen LogP contribution in [0.1, 0.15) is 33.6 Å². The van der Waals surface area contributed by atoms with E-state index < -0.39 is 5.41 Å². The lowest BCUT2D eigenvalue weighted by molar-refractivity contribution is -0.150. The smallest absolute Gasteiger partial charge is 0.313 e. The molecular weight excluding hydrogens is 208 g/mol. The number of carbonyl (C=O) groups excluding carboxylic acids is 2. The van der Waals surface area contributed by atoms with Gasteiger partial charge in [-0.15, -0.1) is 0 Å². The number of esters is 1. The molecule has 5 nitrogen and oxygen atoms in total. The Morgan fingerprint density at radius 3 is 2.44 bits per heavy atom. The van der Waals surface area contributed by atoms with Crippen LogP contribution in [-0.4, -0.2) is 31.6 Å². The summed E-state index contributed by atoms with van der Waals surface area (Å²) in [4.78, 5) is 22.7. The van der Waals surface area contributed by atoms with E-state index in [4.69, 9.17) is 5.73 Å². The second kappa shape index (κ2) is 6.48. The third-order valence-corrected chi connectivity index (χ3v) is 2.29. The SMILES string of the molecule is COC(=O)C(C)(C)CNC(=O)CCC(C)N. The van der Waals surface area contributed by atoms with Crippen LogP contribution in [0.4, 0.5) is 0 Å². The monoisotopic (exact) mass is 230 g/mol. The third kappa shape index (κ3) is 5.70. The molecule has 1 atom stereocenters. The van der Waals surface area contributed by atoms with Gasteiger partial charge in [0.05, 0.1) is 12.5 Å². The van der Waals surface area contributed by atoms with Crippen LogP contribution in [-0.2, 0) is 14.3 Å². The summed E-state index contributed by atoms with van der Waals surface area (Å²) in [5.41, 5.74) is 4.84. The zero-order chi connectivity index (χ0) is 12.8. The van der Waals surface area contributed by atoms with E-state index in [0.717, 1.165) is 0 Å². The van der Waals surface area contributed by atoms with Crippen molar-refractivity contribution in [3.05, 3.63) is 0 Å². The van der Waals surface area contributed by atoms with Gasteiger partial charge in [-0.25, -0.2) is 0 Å². The Morgan fingerprint density at radius 1 is 1.44 bits per heavy atom. The van der Waals surface area contributed by atoms with Crippen molar-refractivity contribution in [2.24, 2.45) is 11.1 Å². The van der Waals surface area contributed by atoms with Crippen molar-refractivity contribution >= 4 is 11.9 Å². The van der Waals surface area contributed by atoms with E-state index in [2.05, 4.69) is 10.1 Å². The first-order valence-electron chi connectivity index (χ1n) is 5.40. The lowest BCUT2D eigenvalue weighted by Crippen LogP contribution is -2.39. The molecule has 0 spiro atoms. The molecule has 0 rings (SSSR count). The van der Waals surface area contributed by atoms with Crippen molar-refractivity contribution in [2.75, 3.05) is 13.7 Å². The molecule has 16 heavy (non-hydrogen) atoms. The van der Waals surface area contributed by atoms with Gasteiger partial charge >= 0.3 is 5.97 Å². The second-order valence-corrected chi connectivity index (χ2v) is 4.67. The first-order chi connectivity index (χ1) is 7.29. The number of ether oxygens (including phenoxy) is 1. The molecule has 0 aliphatic rings. The van der Waals surface area contributed by atoms with Crippen LogP contribution >= 0.6 is 0 Å². The summed E-state index contributed by atoms with van der Waals surface area (Å²) in [6.07, 6.45) is 1.03. The maximum atomic E-state index is 11.4. The minimum absolute atomic E-state index is 0.0133. The van der Waals surface area contributed by atoms with Crippen LogP contribution < -0.4 is 11.1 Å². The van der Waals surface area contributed by atoms with E-state index in [1.165, 1.54) is 7.11 Å². The summed E-state index contributed by atoms with van der Waals surface area (Å²) in [5.74, 6) is -0.422. The van der Waals surface area contributed by atoms with Gasteiger partial charge < -0.3 is 15.8 Å². The van der Waals surface area contributed by atoms with Crippen molar-refractivity contribution in [3.8, 4) is 0 Å². The molecule has 0 aromatic heterocycles. The molecule has 0 aromatic rings. The molecule has 0 saturated heterocycles. The second-order valence-electron chi connectivity index (χ2n) is 4.67. The van der Waals surface area contributed by atoms with Crippen molar-refractivity contribution < 1.29 is 14.3 Å². The maximum Gasteiger partial charge on any atom is 0.313 e. The molecule has 0 heterocycles. The van der Waals surface area contributed by atoms with Gasteiger partial charge in [0, 0.05) is 19.0 Å². The predicted molar refractivity (Wildman–Crippen MR) is 61.7 cm³/mol. The van der Waals surface area contributed by atoms with Crippen molar-refractivity contribution in [3.63, 3.8) is 0 Å². The number of rotatable bonds is 6. The standard InChI is InChI=1S/C11H22N2O3/c1-8(12)5-6-9(14)13-7-11(2,3)10(15)16-4/h8H,5-7,12H2,1-4H3,(H,13,14). The number of hydrogen-bond acceptors (Lipinski definition) is 4. The minimum Gasteiger partial charge on any atom is -0.469 e.